The molecule has 0 spiro atoms. The van der Waals surface area contributed by atoms with Crippen LogP contribution >= 0.6 is 0 Å². The quantitative estimate of drug-likeness (QED) is 0.244. The molecule has 0 bridgehead atoms. The van der Waals surface area contributed by atoms with E-state index in [1.54, 1.807) is 14.2 Å². The summed E-state index contributed by atoms with van der Waals surface area (Å²) in [5, 5.41) is 12.7. The van der Waals surface area contributed by atoms with Crippen LogP contribution < -0.4 is 9.47 Å². The first-order valence-corrected chi connectivity index (χ1v) is 9.62. The number of hydrogen-bond donors (Lipinski definition) is 0. The lowest BCUT2D eigenvalue weighted by Gasteiger charge is -2.23. The Hall–Kier alpha value is -3.26. The highest BCUT2D eigenvalue weighted by Gasteiger charge is 2.24. The van der Waals surface area contributed by atoms with Crippen LogP contribution in [0.3, 0.4) is 0 Å². The van der Waals surface area contributed by atoms with Crippen molar-refractivity contribution in [1.29, 1.82) is 0 Å². The molecule has 6 aromatic carbocycles. The third kappa shape index (κ3) is 1.65. The number of rotatable bonds is 2. The van der Waals surface area contributed by atoms with Crippen LogP contribution in [0.1, 0.15) is 11.1 Å². The van der Waals surface area contributed by atoms with E-state index in [1.165, 1.54) is 54.2 Å². The van der Waals surface area contributed by atoms with E-state index < -0.39 is 0 Å². The monoisotopic (exact) mass is 364 g/mol. The second-order valence-corrected chi connectivity index (χ2v) is 7.75. The van der Waals surface area contributed by atoms with Gasteiger partial charge in [-0.3, -0.25) is 0 Å². The molecule has 6 aromatic rings. The molecule has 28 heavy (non-hydrogen) atoms. The fourth-order valence-electron chi connectivity index (χ4n) is 5.28. The molecule has 2 heteroatoms. The standard InChI is InChI=1S/C26H20O2/c1-13-8-9-15-12-14(2)16-10-11-19-24-22-17(20(13)21(15)23(16)24)6-5-7-18(22)25(27-3)26(19)28-4/h5-12H,1-4H3. The molecule has 6 rings (SSSR count). The van der Waals surface area contributed by atoms with Gasteiger partial charge in [0.1, 0.15) is 0 Å². The third-order valence-electron chi connectivity index (χ3n) is 6.39. The minimum Gasteiger partial charge on any atom is -0.492 e. The summed E-state index contributed by atoms with van der Waals surface area (Å²) in [6.45, 7) is 4.42. The summed E-state index contributed by atoms with van der Waals surface area (Å²) < 4.78 is 11.7. The van der Waals surface area contributed by atoms with Gasteiger partial charge in [0.15, 0.2) is 11.5 Å². The molecular weight excluding hydrogens is 344 g/mol. The molecule has 0 amide bonds. The summed E-state index contributed by atoms with van der Waals surface area (Å²) in [7, 11) is 3.46. The van der Waals surface area contributed by atoms with E-state index in [2.05, 4.69) is 62.4 Å². The highest BCUT2D eigenvalue weighted by Crippen LogP contribution is 2.52. The first kappa shape index (κ1) is 15.8. The molecule has 0 aliphatic carbocycles. The Morgan fingerprint density at radius 3 is 1.93 bits per heavy atom. The van der Waals surface area contributed by atoms with E-state index in [-0.39, 0.29) is 0 Å². The predicted octanol–water partition coefficient (Wildman–Crippen LogP) is 6.96. The minimum atomic E-state index is 0.812. The lowest BCUT2D eigenvalue weighted by molar-refractivity contribution is 0.362. The maximum Gasteiger partial charge on any atom is 0.169 e. The third-order valence-corrected chi connectivity index (χ3v) is 6.39. The van der Waals surface area contributed by atoms with Gasteiger partial charge < -0.3 is 9.47 Å². The molecule has 0 aromatic heterocycles. The van der Waals surface area contributed by atoms with Crippen LogP contribution in [0, 0.1) is 13.8 Å². The summed E-state index contributed by atoms with van der Waals surface area (Å²) in [6, 6.07) is 17.8. The van der Waals surface area contributed by atoms with Gasteiger partial charge in [-0.05, 0) is 63.4 Å². The van der Waals surface area contributed by atoms with Crippen LogP contribution in [0.5, 0.6) is 11.5 Å². The topological polar surface area (TPSA) is 18.5 Å². The van der Waals surface area contributed by atoms with Gasteiger partial charge in [-0.1, -0.05) is 42.5 Å². The Labute approximate surface area is 162 Å². The molecule has 0 fully saturated rings. The van der Waals surface area contributed by atoms with Crippen molar-refractivity contribution < 1.29 is 9.47 Å². The van der Waals surface area contributed by atoms with E-state index in [0.717, 1.165) is 22.3 Å². The Balaban J connectivity index is 2.14. The normalized spacial score (nSPS) is 12.3. The second-order valence-electron chi connectivity index (χ2n) is 7.75. The molecule has 0 heterocycles. The van der Waals surface area contributed by atoms with Crippen LogP contribution in [0.4, 0.5) is 0 Å². The maximum absolute atomic E-state index is 5.86. The van der Waals surface area contributed by atoms with Crippen LogP contribution in [0.25, 0.3) is 53.9 Å². The lowest BCUT2D eigenvalue weighted by Crippen LogP contribution is -1.98. The molecule has 136 valence electrons. The SMILES string of the molecule is COc1c(OC)c2ccc3c(C)cc4ccc(C)c5c6cccc1c6c2c3c45. The molecule has 0 radical (unpaired) electrons. The zero-order valence-corrected chi connectivity index (χ0v) is 16.4. The average Bonchev–Trinajstić information content (AvgIpc) is 2.72. The molecule has 0 atom stereocenters. The number of aryl methyl sites for hydroxylation is 2. The van der Waals surface area contributed by atoms with E-state index >= 15 is 0 Å². The van der Waals surface area contributed by atoms with Crippen molar-refractivity contribution in [2.24, 2.45) is 0 Å². The summed E-state index contributed by atoms with van der Waals surface area (Å²) in [6.07, 6.45) is 0. The number of benzene rings is 6. The van der Waals surface area contributed by atoms with Crippen molar-refractivity contribution in [3.63, 3.8) is 0 Å². The van der Waals surface area contributed by atoms with Crippen molar-refractivity contribution in [3.8, 4) is 11.5 Å². The van der Waals surface area contributed by atoms with Gasteiger partial charge in [0.2, 0.25) is 0 Å². The molecule has 0 aliphatic heterocycles. The summed E-state index contributed by atoms with van der Waals surface area (Å²) in [5.74, 6) is 1.63. The number of hydrogen-bond acceptors (Lipinski definition) is 2. The Morgan fingerprint density at radius 2 is 1.18 bits per heavy atom. The van der Waals surface area contributed by atoms with Gasteiger partial charge in [-0.2, -0.15) is 0 Å². The summed E-state index contributed by atoms with van der Waals surface area (Å²) >= 11 is 0. The Morgan fingerprint density at radius 1 is 0.536 bits per heavy atom. The molecular formula is C26H20O2. The first-order chi connectivity index (χ1) is 13.7. The second kappa shape index (κ2) is 5.17. The molecule has 0 N–H and O–H groups in total. The van der Waals surface area contributed by atoms with E-state index in [9.17, 15) is 0 Å². The maximum atomic E-state index is 5.86. The fourth-order valence-corrected chi connectivity index (χ4v) is 5.28. The van der Waals surface area contributed by atoms with Gasteiger partial charge in [-0.25, -0.2) is 0 Å². The smallest absolute Gasteiger partial charge is 0.169 e. The zero-order chi connectivity index (χ0) is 19.2. The van der Waals surface area contributed by atoms with Gasteiger partial charge >= 0.3 is 0 Å². The minimum absolute atomic E-state index is 0.812. The van der Waals surface area contributed by atoms with E-state index in [1.807, 2.05) is 0 Å². The molecule has 0 unspecified atom stereocenters. The van der Waals surface area contributed by atoms with Gasteiger partial charge in [-0.15, -0.1) is 0 Å². The lowest BCUT2D eigenvalue weighted by atomic mass is 9.83. The van der Waals surface area contributed by atoms with Crippen LogP contribution in [0.15, 0.2) is 48.5 Å². The van der Waals surface area contributed by atoms with Gasteiger partial charge in [0, 0.05) is 21.5 Å². The molecule has 0 aliphatic rings. The number of ether oxygens (including phenoxy) is 2. The average molecular weight is 364 g/mol. The zero-order valence-electron chi connectivity index (χ0n) is 16.4. The molecule has 2 nitrogen and oxygen atoms in total. The number of methoxy groups -OCH3 is 2. The van der Waals surface area contributed by atoms with Crippen molar-refractivity contribution in [2.75, 3.05) is 14.2 Å². The van der Waals surface area contributed by atoms with Gasteiger partial charge in [0.25, 0.3) is 0 Å². The van der Waals surface area contributed by atoms with Crippen LogP contribution in [0.2, 0.25) is 0 Å². The van der Waals surface area contributed by atoms with Gasteiger partial charge in [0.05, 0.1) is 14.2 Å². The summed E-state index contributed by atoms with van der Waals surface area (Å²) in [4.78, 5) is 0. The van der Waals surface area contributed by atoms with Crippen LogP contribution in [-0.2, 0) is 0 Å². The summed E-state index contributed by atoms with van der Waals surface area (Å²) in [5.41, 5.74) is 2.61. The Bertz CT molecular complexity index is 1540. The van der Waals surface area contributed by atoms with E-state index in [0.29, 0.717) is 0 Å². The largest absolute Gasteiger partial charge is 0.492 e. The van der Waals surface area contributed by atoms with Crippen LogP contribution in [-0.4, -0.2) is 14.2 Å². The molecule has 0 saturated heterocycles. The highest BCUT2D eigenvalue weighted by molar-refractivity contribution is 6.41. The molecule has 0 saturated carbocycles. The van der Waals surface area contributed by atoms with Crippen molar-refractivity contribution >= 4 is 53.9 Å². The Kier molecular flexibility index (Phi) is 2.91. The van der Waals surface area contributed by atoms with E-state index in [4.69, 9.17) is 9.47 Å². The predicted molar refractivity (Wildman–Crippen MR) is 119 cm³/mol. The fraction of sp³-hybridized carbons (Fsp3) is 0.154. The van der Waals surface area contributed by atoms with Crippen molar-refractivity contribution in [3.05, 3.63) is 59.7 Å². The number of fused-ring (bicyclic) bond motifs is 1. The highest BCUT2D eigenvalue weighted by atomic mass is 16.5. The first-order valence-electron chi connectivity index (χ1n) is 9.62. The van der Waals surface area contributed by atoms with Crippen molar-refractivity contribution in [2.45, 2.75) is 13.8 Å². The van der Waals surface area contributed by atoms with Crippen molar-refractivity contribution in [1.82, 2.24) is 0 Å².